The molecule has 26 heavy (non-hydrogen) atoms. The van der Waals surface area contributed by atoms with Crippen LogP contribution >= 0.6 is 0 Å². The van der Waals surface area contributed by atoms with Crippen molar-refractivity contribution in [2.45, 2.75) is 68.3 Å². The molecule has 0 aromatic heterocycles. The zero-order chi connectivity index (χ0) is 18.7. The van der Waals surface area contributed by atoms with Gasteiger partial charge >= 0.3 is 0 Å². The van der Waals surface area contributed by atoms with Gasteiger partial charge in [-0.1, -0.05) is 0 Å². The predicted octanol–water partition coefficient (Wildman–Crippen LogP) is 2.51. The molecule has 2 aliphatic rings. The van der Waals surface area contributed by atoms with Crippen molar-refractivity contribution in [2.75, 3.05) is 12.8 Å². The van der Waals surface area contributed by atoms with Crippen LogP contribution < -0.4 is 10.5 Å². The van der Waals surface area contributed by atoms with Crippen LogP contribution in [0.4, 0.5) is 5.69 Å². The van der Waals surface area contributed by atoms with Gasteiger partial charge in [-0.25, -0.2) is 13.1 Å². The number of carbonyl (C=O) groups is 1. The van der Waals surface area contributed by atoms with Crippen LogP contribution in [0.1, 0.15) is 51.4 Å². The van der Waals surface area contributed by atoms with Crippen molar-refractivity contribution in [1.29, 1.82) is 0 Å². The number of anilines is 1. The molecule has 0 atom stereocenters. The molecule has 6 nitrogen and oxygen atoms in total. The minimum Gasteiger partial charge on any atom is -0.399 e. The number of hydrogen-bond donors (Lipinski definition) is 2. The van der Waals surface area contributed by atoms with E-state index in [1.165, 1.54) is 18.6 Å². The van der Waals surface area contributed by atoms with E-state index in [9.17, 15) is 13.2 Å². The van der Waals surface area contributed by atoms with Crippen molar-refractivity contribution in [1.82, 2.24) is 9.62 Å². The standard InChI is InChI=1S/C19H29N3O3S/c1-22(17-3-2-4-17)19(23)13-14-5-9-16(10-6-14)21-26(24,25)18-11-7-15(20)8-12-18/h7-8,11-12,14,16-17,21H,2-6,9-10,13,20H2,1H3. The number of nitrogen functional groups attached to an aromatic ring is 1. The van der Waals surface area contributed by atoms with E-state index >= 15 is 0 Å². The summed E-state index contributed by atoms with van der Waals surface area (Å²) in [5.74, 6) is 0.600. The number of nitrogens with zero attached hydrogens (tertiary/aromatic N) is 1. The summed E-state index contributed by atoms with van der Waals surface area (Å²) in [4.78, 5) is 14.5. The molecule has 1 aromatic carbocycles. The van der Waals surface area contributed by atoms with E-state index in [1.807, 2.05) is 11.9 Å². The molecule has 7 heteroatoms. The average molecular weight is 380 g/mol. The van der Waals surface area contributed by atoms with E-state index in [0.29, 0.717) is 24.1 Å². The third-order valence-electron chi connectivity index (χ3n) is 5.84. The molecule has 0 unspecified atom stereocenters. The molecule has 0 aliphatic heterocycles. The smallest absolute Gasteiger partial charge is 0.240 e. The fraction of sp³-hybridized carbons (Fsp3) is 0.632. The maximum atomic E-state index is 12.5. The number of sulfonamides is 1. The monoisotopic (exact) mass is 379 g/mol. The van der Waals surface area contributed by atoms with Gasteiger partial charge in [-0.15, -0.1) is 0 Å². The SMILES string of the molecule is CN(C(=O)CC1CCC(NS(=O)(=O)c2ccc(N)cc2)CC1)C1CCC1. The number of nitrogens with one attached hydrogen (secondary N) is 1. The van der Waals surface area contributed by atoms with Crippen molar-refractivity contribution in [2.24, 2.45) is 5.92 Å². The first kappa shape index (κ1) is 19.2. The highest BCUT2D eigenvalue weighted by Gasteiger charge is 2.30. The van der Waals surface area contributed by atoms with Crippen molar-refractivity contribution in [3.8, 4) is 0 Å². The lowest BCUT2D eigenvalue weighted by molar-refractivity contribution is -0.134. The minimum absolute atomic E-state index is 0.0618. The van der Waals surface area contributed by atoms with Crippen molar-refractivity contribution in [3.63, 3.8) is 0 Å². The first-order chi connectivity index (χ1) is 12.3. The van der Waals surface area contributed by atoms with Crippen LogP contribution in [0.2, 0.25) is 0 Å². The Morgan fingerprint density at radius 3 is 2.27 bits per heavy atom. The summed E-state index contributed by atoms with van der Waals surface area (Å²) < 4.78 is 27.7. The Kier molecular flexibility index (Phi) is 5.87. The second-order valence-electron chi connectivity index (χ2n) is 7.70. The summed E-state index contributed by atoms with van der Waals surface area (Å²) in [7, 11) is -1.60. The number of benzene rings is 1. The van der Waals surface area contributed by atoms with Gasteiger partial charge in [0.1, 0.15) is 0 Å². The number of carbonyl (C=O) groups excluding carboxylic acids is 1. The summed E-state index contributed by atoms with van der Waals surface area (Å²) in [6.07, 6.45) is 7.40. The zero-order valence-electron chi connectivity index (χ0n) is 15.4. The molecule has 0 spiro atoms. The fourth-order valence-electron chi connectivity index (χ4n) is 3.79. The molecule has 2 fully saturated rings. The Bertz CT molecular complexity index is 721. The summed E-state index contributed by atoms with van der Waals surface area (Å²) in [5, 5.41) is 0. The van der Waals surface area contributed by atoms with Crippen LogP contribution in [0.5, 0.6) is 0 Å². The molecule has 2 saturated carbocycles. The molecule has 144 valence electrons. The molecule has 1 aromatic rings. The second kappa shape index (κ2) is 7.96. The van der Waals surface area contributed by atoms with Gasteiger partial charge in [-0.2, -0.15) is 0 Å². The van der Waals surface area contributed by atoms with Gasteiger partial charge in [0.25, 0.3) is 0 Å². The first-order valence-electron chi connectivity index (χ1n) is 9.48. The van der Waals surface area contributed by atoms with Crippen LogP contribution in [-0.2, 0) is 14.8 Å². The van der Waals surface area contributed by atoms with Crippen LogP contribution in [0.15, 0.2) is 29.2 Å². The van der Waals surface area contributed by atoms with Gasteiger partial charge in [0.05, 0.1) is 4.90 Å². The molecular formula is C19H29N3O3S. The van der Waals surface area contributed by atoms with Gasteiger partial charge in [-0.05, 0) is 75.1 Å². The predicted molar refractivity (Wildman–Crippen MR) is 102 cm³/mol. The van der Waals surface area contributed by atoms with Gasteiger partial charge in [0, 0.05) is 31.2 Å². The average Bonchev–Trinajstić information content (AvgIpc) is 2.55. The fourth-order valence-corrected chi connectivity index (χ4v) is 5.09. The molecular weight excluding hydrogens is 350 g/mol. The van der Waals surface area contributed by atoms with E-state index in [0.717, 1.165) is 38.5 Å². The van der Waals surface area contributed by atoms with E-state index in [2.05, 4.69) is 4.72 Å². The number of rotatable bonds is 6. The molecule has 0 bridgehead atoms. The van der Waals surface area contributed by atoms with E-state index in [4.69, 9.17) is 5.73 Å². The van der Waals surface area contributed by atoms with E-state index in [1.54, 1.807) is 12.1 Å². The number of hydrogen-bond acceptors (Lipinski definition) is 4. The largest absolute Gasteiger partial charge is 0.399 e. The summed E-state index contributed by atoms with van der Waals surface area (Å²) in [6.45, 7) is 0. The third-order valence-corrected chi connectivity index (χ3v) is 7.37. The second-order valence-corrected chi connectivity index (χ2v) is 9.42. The Labute approximate surface area is 156 Å². The van der Waals surface area contributed by atoms with Gasteiger partial charge in [0.15, 0.2) is 0 Å². The van der Waals surface area contributed by atoms with Crippen molar-refractivity contribution in [3.05, 3.63) is 24.3 Å². The zero-order valence-corrected chi connectivity index (χ0v) is 16.2. The molecule has 2 aliphatic carbocycles. The lowest BCUT2D eigenvalue weighted by Crippen LogP contribution is -2.42. The Hall–Kier alpha value is -1.60. The topological polar surface area (TPSA) is 92.5 Å². The van der Waals surface area contributed by atoms with Gasteiger partial charge in [0.2, 0.25) is 15.9 Å². The minimum atomic E-state index is -3.52. The van der Waals surface area contributed by atoms with Crippen LogP contribution in [0.25, 0.3) is 0 Å². The maximum absolute atomic E-state index is 12.5. The number of amides is 1. The molecule has 3 rings (SSSR count). The van der Waals surface area contributed by atoms with Crippen LogP contribution in [-0.4, -0.2) is 38.4 Å². The van der Waals surface area contributed by atoms with Crippen molar-refractivity contribution < 1.29 is 13.2 Å². The third kappa shape index (κ3) is 4.57. The molecule has 1 amide bonds. The molecule has 0 heterocycles. The lowest BCUT2D eigenvalue weighted by atomic mass is 9.83. The lowest BCUT2D eigenvalue weighted by Gasteiger charge is -2.36. The Morgan fingerprint density at radius 1 is 1.12 bits per heavy atom. The van der Waals surface area contributed by atoms with Gasteiger partial charge in [-0.3, -0.25) is 4.79 Å². The van der Waals surface area contributed by atoms with Crippen LogP contribution in [0.3, 0.4) is 0 Å². The number of nitrogens with two attached hydrogens (primary N) is 1. The van der Waals surface area contributed by atoms with Crippen LogP contribution in [0, 0.1) is 5.92 Å². The van der Waals surface area contributed by atoms with Crippen molar-refractivity contribution >= 4 is 21.6 Å². The quantitative estimate of drug-likeness (QED) is 0.743. The van der Waals surface area contributed by atoms with Gasteiger partial charge < -0.3 is 10.6 Å². The first-order valence-corrected chi connectivity index (χ1v) is 11.0. The molecule has 0 saturated heterocycles. The molecule has 0 radical (unpaired) electrons. The molecule has 3 N–H and O–H groups in total. The summed E-state index contributed by atoms with van der Waals surface area (Å²) in [6, 6.07) is 6.61. The summed E-state index contributed by atoms with van der Waals surface area (Å²) in [5.41, 5.74) is 6.16. The van der Waals surface area contributed by atoms with E-state index in [-0.39, 0.29) is 16.8 Å². The highest BCUT2D eigenvalue weighted by atomic mass is 32.2. The Balaban J connectivity index is 1.47. The highest BCUT2D eigenvalue weighted by molar-refractivity contribution is 7.89. The highest BCUT2D eigenvalue weighted by Crippen LogP contribution is 2.30. The Morgan fingerprint density at radius 2 is 1.73 bits per heavy atom. The van der Waals surface area contributed by atoms with E-state index < -0.39 is 10.0 Å². The normalized spacial score (nSPS) is 24.0. The summed E-state index contributed by atoms with van der Waals surface area (Å²) >= 11 is 0. The maximum Gasteiger partial charge on any atom is 0.240 e.